The van der Waals surface area contributed by atoms with Gasteiger partial charge in [-0.15, -0.1) is 12.4 Å². The van der Waals surface area contributed by atoms with Crippen LogP contribution in [0.3, 0.4) is 0 Å². The number of carbonyl (C=O) groups is 1. The van der Waals surface area contributed by atoms with Crippen LogP contribution >= 0.6 is 12.4 Å². The first-order valence-corrected chi connectivity index (χ1v) is 10.4. The van der Waals surface area contributed by atoms with Crippen LogP contribution in [-0.4, -0.2) is 75.4 Å². The predicted octanol–water partition coefficient (Wildman–Crippen LogP) is 0.0625. The number of benzene rings is 1. The summed E-state index contributed by atoms with van der Waals surface area (Å²) in [6.07, 6.45) is 1.61. The average molecular weight is 401 g/mol. The van der Waals surface area contributed by atoms with Crippen molar-refractivity contribution in [3.63, 3.8) is 0 Å². The number of nitrogens with zero attached hydrogens (tertiary/aromatic N) is 2. The molecule has 0 bridgehead atoms. The number of hydrogen-bond donors (Lipinski definition) is 2. The highest BCUT2D eigenvalue weighted by Crippen LogP contribution is 2.26. The van der Waals surface area contributed by atoms with Crippen LogP contribution in [-0.2, 0) is 16.4 Å². The highest BCUT2D eigenvalue weighted by atomic mass is 35.5. The van der Waals surface area contributed by atoms with Gasteiger partial charge in [-0.25, -0.2) is 8.42 Å². The van der Waals surface area contributed by atoms with Gasteiger partial charge in [-0.2, -0.15) is 4.31 Å². The van der Waals surface area contributed by atoms with E-state index in [1.165, 1.54) is 6.07 Å². The maximum atomic E-state index is 13.0. The van der Waals surface area contributed by atoms with Crippen molar-refractivity contribution in [1.82, 2.24) is 19.8 Å². The van der Waals surface area contributed by atoms with Crippen molar-refractivity contribution in [2.45, 2.75) is 23.8 Å². The fraction of sp³-hybridized carbons (Fsp3) is 0.588. The van der Waals surface area contributed by atoms with E-state index in [-0.39, 0.29) is 29.3 Å². The molecule has 3 heterocycles. The summed E-state index contributed by atoms with van der Waals surface area (Å²) in [7, 11) is -3.56. The smallest absolute Gasteiger partial charge is 0.251 e. The van der Waals surface area contributed by atoms with Crippen LogP contribution in [0.4, 0.5) is 0 Å². The molecule has 0 aliphatic carbocycles. The van der Waals surface area contributed by atoms with Gasteiger partial charge in [0.2, 0.25) is 10.0 Å². The van der Waals surface area contributed by atoms with Gasteiger partial charge < -0.3 is 10.6 Å². The van der Waals surface area contributed by atoms with Gasteiger partial charge >= 0.3 is 0 Å². The fourth-order valence-corrected chi connectivity index (χ4v) is 5.49. The molecule has 0 saturated carbocycles. The molecule has 2 saturated heterocycles. The van der Waals surface area contributed by atoms with Gasteiger partial charge in [0.1, 0.15) is 0 Å². The first-order chi connectivity index (χ1) is 12.1. The third-order valence-electron chi connectivity index (χ3n) is 5.44. The van der Waals surface area contributed by atoms with Crippen LogP contribution in [0.1, 0.15) is 22.3 Å². The maximum absolute atomic E-state index is 13.0. The minimum absolute atomic E-state index is 0. The van der Waals surface area contributed by atoms with E-state index in [1.807, 2.05) is 0 Å². The van der Waals surface area contributed by atoms with Gasteiger partial charge in [0, 0.05) is 57.4 Å². The Morgan fingerprint density at radius 3 is 2.62 bits per heavy atom. The number of hydrogen-bond acceptors (Lipinski definition) is 5. The first-order valence-electron chi connectivity index (χ1n) is 8.92. The van der Waals surface area contributed by atoms with E-state index in [2.05, 4.69) is 15.5 Å². The molecule has 4 rings (SSSR count). The van der Waals surface area contributed by atoms with Crippen LogP contribution in [0.2, 0.25) is 0 Å². The molecule has 0 aromatic heterocycles. The monoisotopic (exact) mass is 400 g/mol. The molecule has 3 aliphatic rings. The van der Waals surface area contributed by atoms with E-state index in [9.17, 15) is 13.2 Å². The lowest BCUT2D eigenvalue weighted by Gasteiger charge is -2.32. The van der Waals surface area contributed by atoms with Gasteiger partial charge in [-0.1, -0.05) is 6.07 Å². The van der Waals surface area contributed by atoms with E-state index < -0.39 is 10.0 Å². The van der Waals surface area contributed by atoms with E-state index in [0.717, 1.165) is 44.6 Å². The lowest BCUT2D eigenvalue weighted by Crippen LogP contribution is -2.49. The van der Waals surface area contributed by atoms with Crippen LogP contribution in [0.15, 0.2) is 23.1 Å². The molecule has 26 heavy (non-hydrogen) atoms. The zero-order valence-corrected chi connectivity index (χ0v) is 16.2. The molecule has 0 radical (unpaired) electrons. The van der Waals surface area contributed by atoms with Crippen molar-refractivity contribution in [2.75, 3.05) is 45.8 Å². The largest absolute Gasteiger partial charge is 0.352 e. The average Bonchev–Trinajstić information content (AvgIpc) is 3.13. The molecule has 1 aromatic rings. The Labute approximate surface area is 160 Å². The highest BCUT2D eigenvalue weighted by Gasteiger charge is 2.36. The Morgan fingerprint density at radius 2 is 1.85 bits per heavy atom. The number of piperazine rings is 1. The molecule has 3 aliphatic heterocycles. The summed E-state index contributed by atoms with van der Waals surface area (Å²) in [5, 5.41) is 6.10. The van der Waals surface area contributed by atoms with Gasteiger partial charge in [-0.05, 0) is 30.5 Å². The molecule has 144 valence electrons. The first kappa shape index (κ1) is 19.6. The number of rotatable bonds is 3. The highest BCUT2D eigenvalue weighted by molar-refractivity contribution is 7.89. The Bertz CT molecular complexity index is 780. The Hall–Kier alpha value is -1.19. The lowest BCUT2D eigenvalue weighted by atomic mass is 10.0. The molecule has 7 nitrogen and oxygen atoms in total. The molecule has 1 amide bonds. The summed E-state index contributed by atoms with van der Waals surface area (Å²) in [5.41, 5.74) is 1.41. The van der Waals surface area contributed by atoms with Crippen molar-refractivity contribution in [1.29, 1.82) is 0 Å². The molecule has 1 atom stereocenters. The quantitative estimate of drug-likeness (QED) is 0.750. The fourth-order valence-electron chi connectivity index (χ4n) is 3.97. The van der Waals surface area contributed by atoms with E-state index in [4.69, 9.17) is 0 Å². The number of nitrogens with one attached hydrogen (secondary N) is 2. The second-order valence-corrected chi connectivity index (χ2v) is 8.85. The van der Waals surface area contributed by atoms with Crippen molar-refractivity contribution in [2.24, 2.45) is 0 Å². The second-order valence-electron chi connectivity index (χ2n) is 6.92. The SMILES string of the molecule is Cl.O=C1NCCc2ccc(S(=O)(=O)N3CCC(N4CCNCC4)C3)cc21. The third kappa shape index (κ3) is 3.61. The zero-order valence-electron chi connectivity index (χ0n) is 14.6. The van der Waals surface area contributed by atoms with Crippen LogP contribution < -0.4 is 10.6 Å². The molecular weight excluding hydrogens is 376 g/mol. The van der Waals surface area contributed by atoms with Gasteiger partial charge in [-0.3, -0.25) is 9.69 Å². The maximum Gasteiger partial charge on any atom is 0.251 e. The molecule has 1 unspecified atom stereocenters. The van der Waals surface area contributed by atoms with Crippen molar-refractivity contribution >= 4 is 28.3 Å². The van der Waals surface area contributed by atoms with E-state index >= 15 is 0 Å². The number of sulfonamides is 1. The van der Waals surface area contributed by atoms with Gasteiger partial charge in [0.05, 0.1) is 4.90 Å². The van der Waals surface area contributed by atoms with Crippen molar-refractivity contribution < 1.29 is 13.2 Å². The Morgan fingerprint density at radius 1 is 1.08 bits per heavy atom. The lowest BCUT2D eigenvalue weighted by molar-refractivity contribution is 0.0945. The topological polar surface area (TPSA) is 81.8 Å². The molecular formula is C17H25ClN4O3S. The second kappa shape index (κ2) is 7.82. The normalized spacial score (nSPS) is 24.6. The standard InChI is InChI=1S/C17H24N4O3S.ClH/c22-17-16-11-15(2-1-13(16)3-5-19-17)25(23,24)21-8-4-14(12-21)20-9-6-18-7-10-20;/h1-2,11,14,18H,3-10,12H2,(H,19,22);1H. The molecule has 1 aromatic carbocycles. The predicted molar refractivity (Wildman–Crippen MR) is 101 cm³/mol. The van der Waals surface area contributed by atoms with E-state index in [1.54, 1.807) is 16.4 Å². The summed E-state index contributed by atoms with van der Waals surface area (Å²) in [6, 6.07) is 5.25. The van der Waals surface area contributed by atoms with Crippen molar-refractivity contribution in [3.8, 4) is 0 Å². The summed E-state index contributed by atoms with van der Waals surface area (Å²) in [6.45, 7) is 5.55. The number of carbonyl (C=O) groups excluding carboxylic acids is 1. The summed E-state index contributed by atoms with van der Waals surface area (Å²) in [5.74, 6) is -0.182. The molecule has 0 spiro atoms. The zero-order chi connectivity index (χ0) is 17.4. The summed E-state index contributed by atoms with van der Waals surface area (Å²) >= 11 is 0. The van der Waals surface area contributed by atoms with Gasteiger partial charge in [0.25, 0.3) is 5.91 Å². The third-order valence-corrected chi connectivity index (χ3v) is 7.30. The van der Waals surface area contributed by atoms with Crippen LogP contribution in [0, 0.1) is 0 Å². The molecule has 2 N–H and O–H groups in total. The number of amides is 1. The minimum atomic E-state index is -3.56. The van der Waals surface area contributed by atoms with E-state index in [0.29, 0.717) is 25.2 Å². The number of halogens is 1. The Kier molecular flexibility index (Phi) is 5.88. The Balaban J connectivity index is 0.00000196. The summed E-state index contributed by atoms with van der Waals surface area (Å²) < 4.78 is 27.6. The number of fused-ring (bicyclic) bond motifs is 1. The molecule has 9 heteroatoms. The summed E-state index contributed by atoms with van der Waals surface area (Å²) in [4.78, 5) is 14.6. The van der Waals surface area contributed by atoms with Crippen LogP contribution in [0.25, 0.3) is 0 Å². The molecule has 2 fully saturated rings. The van der Waals surface area contributed by atoms with Gasteiger partial charge in [0.15, 0.2) is 0 Å². The van der Waals surface area contributed by atoms with Crippen molar-refractivity contribution in [3.05, 3.63) is 29.3 Å². The minimum Gasteiger partial charge on any atom is -0.352 e. The van der Waals surface area contributed by atoms with Crippen LogP contribution in [0.5, 0.6) is 0 Å².